The molecule has 0 saturated heterocycles. The number of hydrogen-bond donors (Lipinski definition) is 1. The predicted molar refractivity (Wildman–Crippen MR) is 119 cm³/mol. The Balaban J connectivity index is 1.37. The number of amides is 1. The van der Waals surface area contributed by atoms with E-state index in [1.807, 2.05) is 32.9 Å². The van der Waals surface area contributed by atoms with Crippen LogP contribution in [0.25, 0.3) is 16.7 Å². The van der Waals surface area contributed by atoms with Crippen molar-refractivity contribution in [3.05, 3.63) is 66.4 Å². The van der Waals surface area contributed by atoms with Gasteiger partial charge in [-0.1, -0.05) is 18.2 Å². The van der Waals surface area contributed by atoms with Crippen LogP contribution >= 0.6 is 0 Å². The van der Waals surface area contributed by atoms with Crippen molar-refractivity contribution >= 4 is 16.8 Å². The smallest absolute Gasteiger partial charge is 0.254 e. The summed E-state index contributed by atoms with van der Waals surface area (Å²) in [7, 11) is 0. The van der Waals surface area contributed by atoms with Crippen LogP contribution in [0, 0.1) is 6.92 Å². The molecule has 0 bridgehead atoms. The maximum Gasteiger partial charge on any atom is 0.254 e. The Bertz CT molecular complexity index is 1190. The monoisotopic (exact) mass is 418 g/mol. The Morgan fingerprint density at radius 1 is 1.19 bits per heavy atom. The number of carbonyl (C=O) groups is 1. The lowest BCUT2D eigenvalue weighted by Crippen LogP contribution is -2.25. The van der Waals surface area contributed by atoms with E-state index in [0.29, 0.717) is 29.5 Å². The van der Waals surface area contributed by atoms with Crippen LogP contribution in [0.3, 0.4) is 0 Å². The number of carbonyl (C=O) groups excluding carboxylic acids is 1. The van der Waals surface area contributed by atoms with Gasteiger partial charge >= 0.3 is 0 Å². The zero-order valence-corrected chi connectivity index (χ0v) is 17.9. The van der Waals surface area contributed by atoms with Crippen LogP contribution in [-0.4, -0.2) is 42.9 Å². The lowest BCUT2D eigenvalue weighted by Gasteiger charge is -2.10. The third kappa shape index (κ3) is 4.58. The highest BCUT2D eigenvalue weighted by molar-refractivity contribution is 5.95. The van der Waals surface area contributed by atoms with E-state index in [1.165, 1.54) is 17.2 Å². The Morgan fingerprint density at radius 3 is 2.87 bits per heavy atom. The van der Waals surface area contributed by atoms with Crippen molar-refractivity contribution in [1.82, 2.24) is 29.6 Å². The largest absolute Gasteiger partial charge is 0.475 e. The third-order valence-electron chi connectivity index (χ3n) is 5.00. The van der Waals surface area contributed by atoms with Gasteiger partial charge in [0.2, 0.25) is 5.88 Å². The van der Waals surface area contributed by atoms with Gasteiger partial charge in [-0.15, -0.1) is 0 Å². The zero-order valence-electron chi connectivity index (χ0n) is 17.9. The third-order valence-corrected chi connectivity index (χ3v) is 5.00. The first-order chi connectivity index (χ1) is 15.0. The molecule has 0 unspecified atom stereocenters. The van der Waals surface area contributed by atoms with Gasteiger partial charge in [0.15, 0.2) is 5.82 Å². The Kier molecular flexibility index (Phi) is 5.97. The highest BCUT2D eigenvalue weighted by atomic mass is 16.5. The number of aryl methyl sites for hydroxylation is 1. The molecular formula is C23H26N6O2. The molecule has 8 heteroatoms. The highest BCUT2D eigenvalue weighted by Gasteiger charge is 2.16. The zero-order chi connectivity index (χ0) is 21.8. The van der Waals surface area contributed by atoms with Crippen LogP contribution in [0.2, 0.25) is 0 Å². The molecule has 0 fully saturated rings. The summed E-state index contributed by atoms with van der Waals surface area (Å²) in [4.78, 5) is 21.0. The molecular weight excluding hydrogens is 392 g/mol. The van der Waals surface area contributed by atoms with E-state index in [0.717, 1.165) is 13.0 Å². The molecule has 0 aliphatic carbocycles. The Labute approximate surface area is 180 Å². The van der Waals surface area contributed by atoms with Crippen molar-refractivity contribution in [1.29, 1.82) is 0 Å². The number of rotatable bonds is 8. The van der Waals surface area contributed by atoms with E-state index in [-0.39, 0.29) is 12.0 Å². The highest BCUT2D eigenvalue weighted by Crippen LogP contribution is 2.17. The maximum absolute atomic E-state index is 12.7. The molecule has 0 radical (unpaired) electrons. The van der Waals surface area contributed by atoms with Gasteiger partial charge in [-0.2, -0.15) is 5.10 Å². The number of nitrogens with one attached hydrogen (secondary N) is 1. The van der Waals surface area contributed by atoms with Crippen molar-refractivity contribution in [2.75, 3.05) is 6.54 Å². The number of benzene rings is 1. The second-order valence-corrected chi connectivity index (χ2v) is 7.61. The summed E-state index contributed by atoms with van der Waals surface area (Å²) >= 11 is 0. The standard InChI is InChI=1S/C23H26N6O2/c1-16(2)31-22-13-21(25-15-26-22)29-17(3)19(14-27-29)23(30)24-10-6-11-28-12-9-18-7-4-5-8-20(18)28/h4-5,7-9,12-16H,6,10-11H2,1-3H3,(H,24,30). The van der Waals surface area contributed by atoms with E-state index in [4.69, 9.17) is 4.74 Å². The lowest BCUT2D eigenvalue weighted by molar-refractivity contribution is 0.0952. The minimum Gasteiger partial charge on any atom is -0.475 e. The molecule has 1 amide bonds. The molecule has 31 heavy (non-hydrogen) atoms. The van der Waals surface area contributed by atoms with Crippen molar-refractivity contribution in [2.24, 2.45) is 0 Å². The molecule has 0 aliphatic heterocycles. The van der Waals surface area contributed by atoms with Crippen LogP contribution in [0.15, 0.2) is 55.1 Å². The van der Waals surface area contributed by atoms with Crippen molar-refractivity contribution in [3.8, 4) is 11.7 Å². The summed E-state index contributed by atoms with van der Waals surface area (Å²) in [6, 6.07) is 12.1. The number of ether oxygens (including phenoxy) is 1. The van der Waals surface area contributed by atoms with Gasteiger partial charge < -0.3 is 14.6 Å². The molecule has 1 N–H and O–H groups in total. The minimum atomic E-state index is -0.145. The normalized spacial score (nSPS) is 11.2. The predicted octanol–water partition coefficient (Wildman–Crippen LogP) is 3.53. The number of hydrogen-bond acceptors (Lipinski definition) is 5. The molecule has 3 aromatic heterocycles. The fraction of sp³-hybridized carbons (Fsp3) is 0.304. The van der Waals surface area contributed by atoms with Gasteiger partial charge in [0, 0.05) is 30.9 Å². The average Bonchev–Trinajstić information content (AvgIpc) is 3.34. The number of nitrogens with zero attached hydrogens (tertiary/aromatic N) is 5. The summed E-state index contributed by atoms with van der Waals surface area (Å²) in [6.45, 7) is 7.13. The quantitative estimate of drug-likeness (QED) is 0.442. The number of para-hydroxylation sites is 1. The molecule has 0 atom stereocenters. The first-order valence-corrected chi connectivity index (χ1v) is 10.4. The molecule has 1 aromatic carbocycles. The number of aromatic nitrogens is 5. The van der Waals surface area contributed by atoms with Gasteiger partial charge in [-0.3, -0.25) is 4.79 Å². The molecule has 4 aromatic rings. The Morgan fingerprint density at radius 2 is 2.03 bits per heavy atom. The molecule has 160 valence electrons. The van der Waals surface area contributed by atoms with E-state index in [1.54, 1.807) is 16.9 Å². The van der Waals surface area contributed by atoms with Gasteiger partial charge in [-0.25, -0.2) is 14.6 Å². The summed E-state index contributed by atoms with van der Waals surface area (Å²) in [5, 5.41) is 8.55. The average molecular weight is 419 g/mol. The summed E-state index contributed by atoms with van der Waals surface area (Å²) in [5.74, 6) is 0.883. The second-order valence-electron chi connectivity index (χ2n) is 7.61. The van der Waals surface area contributed by atoms with Crippen molar-refractivity contribution in [3.63, 3.8) is 0 Å². The van der Waals surface area contributed by atoms with Gasteiger partial charge in [-0.05, 0) is 44.7 Å². The SMILES string of the molecule is Cc1c(C(=O)NCCCn2ccc3ccccc32)cnn1-c1cc(OC(C)C)ncn1. The van der Waals surface area contributed by atoms with Crippen LogP contribution in [0.5, 0.6) is 5.88 Å². The molecule has 0 spiro atoms. The van der Waals surface area contributed by atoms with Crippen LogP contribution < -0.4 is 10.1 Å². The van der Waals surface area contributed by atoms with Crippen LogP contribution in [0.4, 0.5) is 0 Å². The Hall–Kier alpha value is -3.68. The van der Waals surface area contributed by atoms with Crippen LogP contribution in [-0.2, 0) is 6.54 Å². The van der Waals surface area contributed by atoms with E-state index < -0.39 is 0 Å². The number of fused-ring (bicyclic) bond motifs is 1. The van der Waals surface area contributed by atoms with E-state index in [9.17, 15) is 4.79 Å². The van der Waals surface area contributed by atoms with E-state index >= 15 is 0 Å². The first kappa shape index (κ1) is 20.6. The topological polar surface area (TPSA) is 86.9 Å². The molecule has 3 heterocycles. The fourth-order valence-electron chi connectivity index (χ4n) is 3.50. The van der Waals surface area contributed by atoms with E-state index in [2.05, 4.69) is 49.3 Å². The molecule has 0 aliphatic rings. The summed E-state index contributed by atoms with van der Waals surface area (Å²) in [5.41, 5.74) is 2.44. The fourth-order valence-corrected chi connectivity index (χ4v) is 3.50. The lowest BCUT2D eigenvalue weighted by atomic mass is 10.2. The second kappa shape index (κ2) is 8.99. The summed E-state index contributed by atoms with van der Waals surface area (Å²) in [6.07, 6.45) is 5.92. The van der Waals surface area contributed by atoms with Gasteiger partial charge in [0.25, 0.3) is 5.91 Å². The maximum atomic E-state index is 12.7. The molecule has 0 saturated carbocycles. The van der Waals surface area contributed by atoms with Crippen LogP contribution in [0.1, 0.15) is 36.3 Å². The minimum absolute atomic E-state index is 0.00679. The summed E-state index contributed by atoms with van der Waals surface area (Å²) < 4.78 is 9.45. The van der Waals surface area contributed by atoms with Crippen molar-refractivity contribution in [2.45, 2.75) is 39.8 Å². The van der Waals surface area contributed by atoms with Crippen molar-refractivity contribution < 1.29 is 9.53 Å². The molecule has 4 rings (SSSR count). The van der Waals surface area contributed by atoms with Gasteiger partial charge in [0.05, 0.1) is 23.6 Å². The molecule has 8 nitrogen and oxygen atoms in total. The first-order valence-electron chi connectivity index (χ1n) is 10.4. The van der Waals surface area contributed by atoms with Gasteiger partial charge in [0.1, 0.15) is 6.33 Å².